The standard InChI is InChI=1S/C12H14N2O/c1-3-15-8(2)10-6-9-4-5-14-12(9)11(13)7-10/h4-7,14H,2-3,13H2,1H3. The highest BCUT2D eigenvalue weighted by Crippen LogP contribution is 2.25. The van der Waals surface area contributed by atoms with Crippen LogP contribution in [0.5, 0.6) is 0 Å². The number of anilines is 1. The molecule has 0 saturated carbocycles. The Kier molecular flexibility index (Phi) is 2.37. The molecule has 0 amide bonds. The lowest BCUT2D eigenvalue weighted by Gasteiger charge is -2.08. The quantitative estimate of drug-likeness (QED) is 0.594. The van der Waals surface area contributed by atoms with Gasteiger partial charge in [0.15, 0.2) is 0 Å². The predicted octanol–water partition coefficient (Wildman–Crippen LogP) is 2.76. The first-order valence-corrected chi connectivity index (χ1v) is 4.91. The molecule has 0 radical (unpaired) electrons. The maximum atomic E-state index is 5.91. The summed E-state index contributed by atoms with van der Waals surface area (Å²) < 4.78 is 5.35. The van der Waals surface area contributed by atoms with E-state index in [2.05, 4.69) is 11.6 Å². The van der Waals surface area contributed by atoms with E-state index in [-0.39, 0.29) is 0 Å². The van der Waals surface area contributed by atoms with Gasteiger partial charge in [-0.25, -0.2) is 0 Å². The van der Waals surface area contributed by atoms with Crippen LogP contribution >= 0.6 is 0 Å². The van der Waals surface area contributed by atoms with E-state index in [1.165, 1.54) is 0 Å². The van der Waals surface area contributed by atoms with E-state index < -0.39 is 0 Å². The van der Waals surface area contributed by atoms with E-state index in [1.807, 2.05) is 31.3 Å². The number of aromatic amines is 1. The highest BCUT2D eigenvalue weighted by atomic mass is 16.5. The van der Waals surface area contributed by atoms with Crippen molar-refractivity contribution in [1.82, 2.24) is 4.98 Å². The molecule has 3 heteroatoms. The fourth-order valence-corrected chi connectivity index (χ4v) is 1.62. The van der Waals surface area contributed by atoms with Crippen molar-refractivity contribution in [2.75, 3.05) is 12.3 Å². The maximum absolute atomic E-state index is 5.91. The number of rotatable bonds is 3. The second-order valence-corrected chi connectivity index (χ2v) is 3.36. The Morgan fingerprint density at radius 3 is 3.07 bits per heavy atom. The molecule has 15 heavy (non-hydrogen) atoms. The van der Waals surface area contributed by atoms with Crippen LogP contribution in [0, 0.1) is 0 Å². The van der Waals surface area contributed by atoms with Crippen LogP contribution in [0.15, 0.2) is 31.0 Å². The van der Waals surface area contributed by atoms with Crippen molar-refractivity contribution in [2.45, 2.75) is 6.92 Å². The molecule has 0 aliphatic heterocycles. The number of nitrogens with two attached hydrogens (primary N) is 1. The summed E-state index contributed by atoms with van der Waals surface area (Å²) in [6.07, 6.45) is 1.87. The van der Waals surface area contributed by atoms with E-state index >= 15 is 0 Å². The Hall–Kier alpha value is -1.90. The molecule has 0 unspecified atom stereocenters. The number of H-pyrrole nitrogens is 1. The summed E-state index contributed by atoms with van der Waals surface area (Å²) in [4.78, 5) is 3.09. The molecule has 0 saturated heterocycles. The van der Waals surface area contributed by atoms with Crippen molar-refractivity contribution < 1.29 is 4.74 Å². The summed E-state index contributed by atoms with van der Waals surface area (Å²) in [6.45, 7) is 6.41. The number of hydrogen-bond donors (Lipinski definition) is 2. The van der Waals surface area contributed by atoms with Crippen LogP contribution in [-0.2, 0) is 4.74 Å². The molecule has 0 bridgehead atoms. The van der Waals surface area contributed by atoms with Gasteiger partial charge in [-0.2, -0.15) is 0 Å². The zero-order chi connectivity index (χ0) is 10.8. The van der Waals surface area contributed by atoms with Crippen LogP contribution in [0.2, 0.25) is 0 Å². The van der Waals surface area contributed by atoms with E-state index in [4.69, 9.17) is 10.5 Å². The first kappa shape index (κ1) is 9.65. The van der Waals surface area contributed by atoms with Crippen molar-refractivity contribution in [3.05, 3.63) is 36.5 Å². The second-order valence-electron chi connectivity index (χ2n) is 3.36. The highest BCUT2D eigenvalue weighted by molar-refractivity contribution is 5.92. The van der Waals surface area contributed by atoms with E-state index in [1.54, 1.807) is 0 Å². The molecule has 2 aromatic rings. The molecule has 0 aliphatic carbocycles. The lowest BCUT2D eigenvalue weighted by molar-refractivity contribution is 0.299. The molecule has 0 spiro atoms. The Labute approximate surface area is 88.5 Å². The monoisotopic (exact) mass is 202 g/mol. The number of nitrogens with one attached hydrogen (secondary N) is 1. The third kappa shape index (κ3) is 1.68. The molecule has 3 nitrogen and oxygen atoms in total. The number of hydrogen-bond acceptors (Lipinski definition) is 2. The number of nitrogen functional groups attached to an aromatic ring is 1. The normalized spacial score (nSPS) is 10.5. The second kappa shape index (κ2) is 3.69. The number of ether oxygens (including phenoxy) is 1. The number of fused-ring (bicyclic) bond motifs is 1. The van der Waals surface area contributed by atoms with Gasteiger partial charge in [-0.3, -0.25) is 0 Å². The Bertz CT molecular complexity index is 499. The summed E-state index contributed by atoms with van der Waals surface area (Å²) >= 11 is 0. The number of aromatic nitrogens is 1. The zero-order valence-corrected chi connectivity index (χ0v) is 8.71. The molecule has 2 rings (SSSR count). The van der Waals surface area contributed by atoms with Crippen molar-refractivity contribution in [2.24, 2.45) is 0 Å². The minimum absolute atomic E-state index is 0.615. The molecule has 3 N–H and O–H groups in total. The van der Waals surface area contributed by atoms with Gasteiger partial charge in [0.05, 0.1) is 17.8 Å². The maximum Gasteiger partial charge on any atom is 0.119 e. The van der Waals surface area contributed by atoms with E-state index in [0.29, 0.717) is 18.1 Å². The molecule has 1 aromatic heterocycles. The highest BCUT2D eigenvalue weighted by Gasteiger charge is 2.05. The topological polar surface area (TPSA) is 51.0 Å². The Morgan fingerprint density at radius 1 is 1.53 bits per heavy atom. The fourth-order valence-electron chi connectivity index (χ4n) is 1.62. The van der Waals surface area contributed by atoms with E-state index in [9.17, 15) is 0 Å². The molecular formula is C12H14N2O. The van der Waals surface area contributed by atoms with Crippen LogP contribution in [0.1, 0.15) is 12.5 Å². The van der Waals surface area contributed by atoms with Crippen molar-refractivity contribution in [3.63, 3.8) is 0 Å². The largest absolute Gasteiger partial charge is 0.494 e. The smallest absolute Gasteiger partial charge is 0.119 e. The van der Waals surface area contributed by atoms with Gasteiger partial charge in [-0.1, -0.05) is 6.58 Å². The van der Waals surface area contributed by atoms with Crippen molar-refractivity contribution in [3.8, 4) is 0 Å². The molecule has 0 atom stereocenters. The van der Waals surface area contributed by atoms with Crippen molar-refractivity contribution >= 4 is 22.3 Å². The molecular weight excluding hydrogens is 188 g/mol. The molecule has 1 aromatic carbocycles. The van der Waals surface area contributed by atoms with Gasteiger partial charge in [0.2, 0.25) is 0 Å². The number of benzene rings is 1. The minimum atomic E-state index is 0.615. The summed E-state index contributed by atoms with van der Waals surface area (Å²) in [5.41, 5.74) is 8.52. The first-order chi connectivity index (χ1) is 7.22. The van der Waals surface area contributed by atoms with E-state index in [0.717, 1.165) is 16.5 Å². The van der Waals surface area contributed by atoms with Gasteiger partial charge in [0.25, 0.3) is 0 Å². The minimum Gasteiger partial charge on any atom is -0.494 e. The summed E-state index contributed by atoms with van der Waals surface area (Å²) in [5.74, 6) is 0.660. The van der Waals surface area contributed by atoms with Gasteiger partial charge in [-0.15, -0.1) is 0 Å². The van der Waals surface area contributed by atoms with Crippen LogP contribution in [0.25, 0.3) is 16.7 Å². The molecule has 78 valence electrons. The third-order valence-corrected chi connectivity index (χ3v) is 2.33. The molecule has 1 heterocycles. The van der Waals surface area contributed by atoms with Crippen molar-refractivity contribution in [1.29, 1.82) is 0 Å². The third-order valence-electron chi connectivity index (χ3n) is 2.33. The van der Waals surface area contributed by atoms with Gasteiger partial charge in [-0.05, 0) is 25.1 Å². The lowest BCUT2D eigenvalue weighted by Crippen LogP contribution is -1.93. The Balaban J connectivity index is 2.49. The summed E-state index contributed by atoms with van der Waals surface area (Å²) in [6, 6.07) is 5.87. The predicted molar refractivity (Wildman–Crippen MR) is 63.4 cm³/mol. The van der Waals surface area contributed by atoms with Crippen LogP contribution in [0.4, 0.5) is 5.69 Å². The first-order valence-electron chi connectivity index (χ1n) is 4.91. The summed E-state index contributed by atoms with van der Waals surface area (Å²) in [7, 11) is 0. The molecule has 0 fully saturated rings. The van der Waals surface area contributed by atoms with Crippen LogP contribution in [-0.4, -0.2) is 11.6 Å². The summed E-state index contributed by atoms with van der Waals surface area (Å²) in [5, 5.41) is 1.07. The molecule has 0 aliphatic rings. The van der Waals surface area contributed by atoms with Crippen LogP contribution < -0.4 is 5.73 Å². The average Bonchev–Trinajstić information content (AvgIpc) is 2.66. The Morgan fingerprint density at radius 2 is 2.33 bits per heavy atom. The van der Waals surface area contributed by atoms with Gasteiger partial charge < -0.3 is 15.5 Å². The SMILES string of the molecule is C=C(OCC)c1cc(N)c2[nH]ccc2c1. The fraction of sp³-hybridized carbons (Fsp3) is 0.167. The van der Waals surface area contributed by atoms with Gasteiger partial charge in [0, 0.05) is 17.1 Å². The van der Waals surface area contributed by atoms with Gasteiger partial charge >= 0.3 is 0 Å². The zero-order valence-electron chi connectivity index (χ0n) is 8.71. The van der Waals surface area contributed by atoms with Gasteiger partial charge in [0.1, 0.15) is 5.76 Å². The average molecular weight is 202 g/mol. The van der Waals surface area contributed by atoms with Crippen LogP contribution in [0.3, 0.4) is 0 Å². The lowest BCUT2D eigenvalue weighted by atomic mass is 10.1.